The molecule has 4 heteroatoms. The highest BCUT2D eigenvalue weighted by molar-refractivity contribution is 5.86. The standard InChI is InChI=1S/C12H16N2O2/c1-10(2)12(15)16-9-8-14(3)11-4-6-13-7-5-11/h4-7H,1,8-9H2,2-3H3. The molecule has 0 aliphatic carbocycles. The summed E-state index contributed by atoms with van der Waals surface area (Å²) in [6.45, 7) is 6.14. The average Bonchev–Trinajstić information content (AvgIpc) is 2.29. The molecule has 0 bridgehead atoms. The van der Waals surface area contributed by atoms with E-state index in [1.807, 2.05) is 24.1 Å². The van der Waals surface area contributed by atoms with Crippen LogP contribution in [0, 0.1) is 0 Å². The summed E-state index contributed by atoms with van der Waals surface area (Å²) in [6.07, 6.45) is 3.46. The van der Waals surface area contributed by atoms with Crippen molar-refractivity contribution in [2.75, 3.05) is 25.1 Å². The molecular weight excluding hydrogens is 204 g/mol. The Morgan fingerprint density at radius 2 is 2.12 bits per heavy atom. The van der Waals surface area contributed by atoms with E-state index in [9.17, 15) is 4.79 Å². The predicted molar refractivity (Wildman–Crippen MR) is 63.3 cm³/mol. The van der Waals surface area contributed by atoms with Crippen LogP contribution in [0.25, 0.3) is 0 Å². The molecule has 0 aromatic carbocycles. The molecule has 0 saturated heterocycles. The molecule has 0 amide bonds. The first-order valence-electron chi connectivity index (χ1n) is 5.05. The molecule has 1 aromatic rings. The third kappa shape index (κ3) is 3.73. The van der Waals surface area contributed by atoms with Gasteiger partial charge in [-0.25, -0.2) is 4.79 Å². The predicted octanol–water partition coefficient (Wildman–Crippen LogP) is 1.64. The van der Waals surface area contributed by atoms with Gasteiger partial charge in [0.25, 0.3) is 0 Å². The summed E-state index contributed by atoms with van der Waals surface area (Å²) in [4.78, 5) is 17.0. The number of pyridine rings is 1. The molecule has 0 atom stereocenters. The Morgan fingerprint density at radius 3 is 2.69 bits per heavy atom. The molecule has 16 heavy (non-hydrogen) atoms. The summed E-state index contributed by atoms with van der Waals surface area (Å²) in [5.74, 6) is -0.344. The van der Waals surface area contributed by atoms with Gasteiger partial charge in [0.1, 0.15) is 6.61 Å². The van der Waals surface area contributed by atoms with Crippen molar-refractivity contribution in [1.82, 2.24) is 4.98 Å². The Hall–Kier alpha value is -1.84. The summed E-state index contributed by atoms with van der Waals surface area (Å²) in [6, 6.07) is 3.81. The van der Waals surface area contributed by atoms with E-state index in [1.165, 1.54) is 0 Å². The molecule has 0 fully saturated rings. The van der Waals surface area contributed by atoms with Crippen molar-refractivity contribution in [2.24, 2.45) is 0 Å². The van der Waals surface area contributed by atoms with E-state index in [2.05, 4.69) is 11.6 Å². The van der Waals surface area contributed by atoms with Crippen molar-refractivity contribution in [3.05, 3.63) is 36.7 Å². The Labute approximate surface area is 95.6 Å². The molecule has 1 aromatic heterocycles. The van der Waals surface area contributed by atoms with Gasteiger partial charge in [-0.2, -0.15) is 0 Å². The number of likely N-dealkylation sites (N-methyl/N-ethyl adjacent to an activating group) is 1. The molecule has 0 unspecified atom stereocenters. The van der Waals surface area contributed by atoms with Gasteiger partial charge in [-0.15, -0.1) is 0 Å². The normalized spacial score (nSPS) is 9.62. The van der Waals surface area contributed by atoms with E-state index in [-0.39, 0.29) is 5.97 Å². The molecule has 1 heterocycles. The number of aromatic nitrogens is 1. The van der Waals surface area contributed by atoms with Gasteiger partial charge in [0.15, 0.2) is 0 Å². The topological polar surface area (TPSA) is 42.4 Å². The lowest BCUT2D eigenvalue weighted by atomic mass is 10.3. The molecular formula is C12H16N2O2. The zero-order valence-corrected chi connectivity index (χ0v) is 9.64. The maximum absolute atomic E-state index is 11.1. The molecule has 1 rings (SSSR count). The summed E-state index contributed by atoms with van der Waals surface area (Å²) in [5.41, 5.74) is 1.47. The molecule has 0 radical (unpaired) electrons. The molecule has 0 spiro atoms. The lowest BCUT2D eigenvalue weighted by molar-refractivity contribution is -0.138. The van der Waals surface area contributed by atoms with Crippen LogP contribution >= 0.6 is 0 Å². The second kappa shape index (κ2) is 5.90. The number of hydrogen-bond donors (Lipinski definition) is 0. The number of anilines is 1. The third-order valence-corrected chi connectivity index (χ3v) is 2.11. The van der Waals surface area contributed by atoms with Gasteiger partial charge in [0.2, 0.25) is 0 Å². The Balaban J connectivity index is 2.34. The highest BCUT2D eigenvalue weighted by Crippen LogP contribution is 2.08. The van der Waals surface area contributed by atoms with Crippen LogP contribution < -0.4 is 4.90 Å². The van der Waals surface area contributed by atoms with E-state index < -0.39 is 0 Å². The van der Waals surface area contributed by atoms with E-state index in [0.717, 1.165) is 5.69 Å². The third-order valence-electron chi connectivity index (χ3n) is 2.11. The van der Waals surface area contributed by atoms with Gasteiger partial charge in [0.05, 0.1) is 6.54 Å². The first kappa shape index (κ1) is 12.2. The van der Waals surface area contributed by atoms with Gasteiger partial charge in [-0.05, 0) is 19.1 Å². The molecule has 4 nitrogen and oxygen atoms in total. The monoisotopic (exact) mass is 220 g/mol. The van der Waals surface area contributed by atoms with Crippen molar-refractivity contribution in [3.8, 4) is 0 Å². The Kier molecular flexibility index (Phi) is 4.51. The molecule has 0 aliphatic heterocycles. The van der Waals surface area contributed by atoms with Crippen LogP contribution in [-0.4, -0.2) is 31.2 Å². The van der Waals surface area contributed by atoms with Gasteiger partial charge in [0, 0.05) is 30.7 Å². The van der Waals surface area contributed by atoms with Gasteiger partial charge < -0.3 is 9.64 Å². The van der Waals surface area contributed by atoms with Crippen molar-refractivity contribution in [1.29, 1.82) is 0 Å². The summed E-state index contributed by atoms with van der Waals surface area (Å²) >= 11 is 0. The Morgan fingerprint density at radius 1 is 1.50 bits per heavy atom. The van der Waals surface area contributed by atoms with Crippen molar-refractivity contribution in [2.45, 2.75) is 6.92 Å². The van der Waals surface area contributed by atoms with Crippen molar-refractivity contribution >= 4 is 11.7 Å². The van der Waals surface area contributed by atoms with Crippen LogP contribution in [0.4, 0.5) is 5.69 Å². The van der Waals surface area contributed by atoms with Crippen LogP contribution in [-0.2, 0) is 9.53 Å². The number of ether oxygens (including phenoxy) is 1. The maximum Gasteiger partial charge on any atom is 0.333 e. The highest BCUT2D eigenvalue weighted by atomic mass is 16.5. The van der Waals surface area contributed by atoms with Gasteiger partial charge in [-0.3, -0.25) is 4.98 Å². The van der Waals surface area contributed by atoms with E-state index >= 15 is 0 Å². The Bertz CT molecular complexity index is 363. The first-order chi connectivity index (χ1) is 7.61. The van der Waals surface area contributed by atoms with E-state index in [0.29, 0.717) is 18.7 Å². The smallest absolute Gasteiger partial charge is 0.333 e. The fourth-order valence-electron chi connectivity index (χ4n) is 1.13. The molecule has 0 N–H and O–H groups in total. The molecule has 0 saturated carbocycles. The SMILES string of the molecule is C=C(C)C(=O)OCCN(C)c1ccncc1. The molecule has 86 valence electrons. The minimum absolute atomic E-state index is 0.344. The highest BCUT2D eigenvalue weighted by Gasteiger charge is 2.04. The fourth-order valence-corrected chi connectivity index (χ4v) is 1.13. The zero-order chi connectivity index (χ0) is 12.0. The van der Waals surface area contributed by atoms with Crippen LogP contribution in [0.1, 0.15) is 6.92 Å². The summed E-state index contributed by atoms with van der Waals surface area (Å²) in [7, 11) is 1.93. The van der Waals surface area contributed by atoms with Crippen molar-refractivity contribution < 1.29 is 9.53 Å². The van der Waals surface area contributed by atoms with E-state index in [4.69, 9.17) is 4.74 Å². The second-order valence-corrected chi connectivity index (χ2v) is 3.54. The zero-order valence-electron chi connectivity index (χ0n) is 9.64. The minimum Gasteiger partial charge on any atom is -0.460 e. The number of carbonyl (C=O) groups is 1. The summed E-state index contributed by atoms with van der Waals surface area (Å²) < 4.78 is 5.00. The maximum atomic E-state index is 11.1. The number of nitrogens with zero attached hydrogens (tertiary/aromatic N) is 2. The van der Waals surface area contributed by atoms with Crippen LogP contribution in [0.15, 0.2) is 36.7 Å². The van der Waals surface area contributed by atoms with Crippen molar-refractivity contribution in [3.63, 3.8) is 0 Å². The van der Waals surface area contributed by atoms with Crippen LogP contribution in [0.3, 0.4) is 0 Å². The van der Waals surface area contributed by atoms with E-state index in [1.54, 1.807) is 19.3 Å². The largest absolute Gasteiger partial charge is 0.460 e. The number of hydrogen-bond acceptors (Lipinski definition) is 4. The lowest BCUT2D eigenvalue weighted by Gasteiger charge is -2.18. The average molecular weight is 220 g/mol. The minimum atomic E-state index is -0.344. The fraction of sp³-hybridized carbons (Fsp3) is 0.333. The van der Waals surface area contributed by atoms with Crippen LogP contribution in [0.2, 0.25) is 0 Å². The van der Waals surface area contributed by atoms with Crippen LogP contribution in [0.5, 0.6) is 0 Å². The number of esters is 1. The van der Waals surface area contributed by atoms with Gasteiger partial charge >= 0.3 is 5.97 Å². The number of carbonyl (C=O) groups excluding carboxylic acids is 1. The lowest BCUT2D eigenvalue weighted by Crippen LogP contribution is -2.24. The molecule has 0 aliphatic rings. The number of rotatable bonds is 5. The first-order valence-corrected chi connectivity index (χ1v) is 5.05. The summed E-state index contributed by atoms with van der Waals surface area (Å²) in [5, 5.41) is 0. The quantitative estimate of drug-likeness (QED) is 0.559. The second-order valence-electron chi connectivity index (χ2n) is 3.54. The van der Waals surface area contributed by atoms with Gasteiger partial charge in [-0.1, -0.05) is 6.58 Å².